The van der Waals surface area contributed by atoms with Gasteiger partial charge < -0.3 is 4.74 Å². The zero-order valence-electron chi connectivity index (χ0n) is 10.3. The van der Waals surface area contributed by atoms with E-state index in [-0.39, 0.29) is 0 Å². The van der Waals surface area contributed by atoms with Crippen molar-refractivity contribution in [1.29, 1.82) is 0 Å². The molecule has 0 bridgehead atoms. The predicted molar refractivity (Wildman–Crippen MR) is 69.0 cm³/mol. The summed E-state index contributed by atoms with van der Waals surface area (Å²) in [6.45, 7) is 0. The van der Waals surface area contributed by atoms with Crippen molar-refractivity contribution < 1.29 is 4.74 Å². The van der Waals surface area contributed by atoms with E-state index in [2.05, 4.69) is 25.5 Å². The molecule has 0 atom stereocenters. The third-order valence-electron chi connectivity index (χ3n) is 2.58. The number of ether oxygens (including phenoxy) is 1. The summed E-state index contributed by atoms with van der Waals surface area (Å²) in [7, 11) is 3.41. The van der Waals surface area contributed by atoms with Crippen molar-refractivity contribution in [3.05, 3.63) is 24.5 Å². The Morgan fingerprint density at radius 1 is 1.26 bits per heavy atom. The highest BCUT2D eigenvalue weighted by Crippen LogP contribution is 2.30. The number of benzene rings is 1. The molecule has 19 heavy (non-hydrogen) atoms. The highest BCUT2D eigenvalue weighted by atomic mass is 32.2. The summed E-state index contributed by atoms with van der Waals surface area (Å²) >= 11 is 1.39. The van der Waals surface area contributed by atoms with Crippen LogP contribution in [0.5, 0.6) is 5.75 Å². The van der Waals surface area contributed by atoms with Gasteiger partial charge in [-0.3, -0.25) is 0 Å². The van der Waals surface area contributed by atoms with Crippen LogP contribution in [-0.2, 0) is 7.05 Å². The van der Waals surface area contributed by atoms with E-state index >= 15 is 0 Å². The maximum absolute atomic E-state index is 5.23. The maximum atomic E-state index is 5.23. The standard InChI is InChI=1S/C11H10N6OS/c1-17-11(14-15-16-17)19-10-8-5-7(18-2)3-4-9(8)12-6-13-10/h3-6H,1-2H3. The molecule has 8 heteroatoms. The normalized spacial score (nSPS) is 10.8. The van der Waals surface area contributed by atoms with Crippen LogP contribution in [0.3, 0.4) is 0 Å². The Hall–Kier alpha value is -2.22. The van der Waals surface area contributed by atoms with E-state index in [1.807, 2.05) is 18.2 Å². The van der Waals surface area contributed by atoms with E-state index in [0.717, 1.165) is 21.7 Å². The van der Waals surface area contributed by atoms with Gasteiger partial charge in [-0.1, -0.05) is 0 Å². The smallest absolute Gasteiger partial charge is 0.215 e. The molecule has 0 aliphatic rings. The number of hydrogen-bond acceptors (Lipinski definition) is 7. The predicted octanol–water partition coefficient (Wildman–Crippen LogP) is 1.31. The number of methoxy groups -OCH3 is 1. The van der Waals surface area contributed by atoms with Gasteiger partial charge in [0.05, 0.1) is 12.6 Å². The minimum absolute atomic E-state index is 0.669. The molecule has 2 aromatic heterocycles. The van der Waals surface area contributed by atoms with Gasteiger partial charge in [0.1, 0.15) is 17.1 Å². The monoisotopic (exact) mass is 274 g/mol. The summed E-state index contributed by atoms with van der Waals surface area (Å²) in [6.07, 6.45) is 1.53. The van der Waals surface area contributed by atoms with Gasteiger partial charge in [0, 0.05) is 12.4 Å². The maximum Gasteiger partial charge on any atom is 0.215 e. The highest BCUT2D eigenvalue weighted by molar-refractivity contribution is 7.99. The quantitative estimate of drug-likeness (QED) is 0.666. The van der Waals surface area contributed by atoms with Crippen LogP contribution in [0.1, 0.15) is 0 Å². The molecule has 0 radical (unpaired) electrons. The van der Waals surface area contributed by atoms with Gasteiger partial charge in [-0.2, -0.15) is 0 Å². The second kappa shape index (κ2) is 4.81. The van der Waals surface area contributed by atoms with Crippen LogP contribution in [0.15, 0.2) is 34.7 Å². The van der Waals surface area contributed by atoms with E-state index in [4.69, 9.17) is 4.74 Å². The minimum atomic E-state index is 0.669. The lowest BCUT2D eigenvalue weighted by Crippen LogP contribution is -1.94. The van der Waals surface area contributed by atoms with Crippen molar-refractivity contribution in [2.24, 2.45) is 7.05 Å². The van der Waals surface area contributed by atoms with E-state index in [1.165, 1.54) is 18.1 Å². The summed E-state index contributed by atoms with van der Waals surface area (Å²) in [6, 6.07) is 5.67. The van der Waals surface area contributed by atoms with Crippen LogP contribution >= 0.6 is 11.8 Å². The highest BCUT2D eigenvalue weighted by Gasteiger charge is 2.10. The van der Waals surface area contributed by atoms with E-state index in [1.54, 1.807) is 18.8 Å². The molecule has 3 rings (SSSR count). The molecule has 0 saturated heterocycles. The number of rotatable bonds is 3. The number of tetrazole rings is 1. The lowest BCUT2D eigenvalue weighted by molar-refractivity contribution is 0.415. The molecule has 0 amide bonds. The van der Waals surface area contributed by atoms with Crippen molar-refractivity contribution in [3.8, 4) is 5.75 Å². The summed E-state index contributed by atoms with van der Waals surface area (Å²) in [5.74, 6) is 0.764. The molecule has 0 fully saturated rings. The lowest BCUT2D eigenvalue weighted by atomic mass is 10.2. The van der Waals surface area contributed by atoms with Crippen molar-refractivity contribution in [2.75, 3.05) is 7.11 Å². The fraction of sp³-hybridized carbons (Fsp3) is 0.182. The van der Waals surface area contributed by atoms with E-state index in [0.29, 0.717) is 5.16 Å². The topological polar surface area (TPSA) is 78.6 Å². The summed E-state index contributed by atoms with van der Waals surface area (Å²) in [4.78, 5) is 8.52. The fourth-order valence-electron chi connectivity index (χ4n) is 1.61. The number of fused-ring (bicyclic) bond motifs is 1. The Kier molecular flexibility index (Phi) is 3.00. The Morgan fingerprint density at radius 3 is 2.89 bits per heavy atom. The van der Waals surface area contributed by atoms with Crippen LogP contribution in [0.25, 0.3) is 10.9 Å². The van der Waals surface area contributed by atoms with Gasteiger partial charge in [-0.15, -0.1) is 5.10 Å². The SMILES string of the molecule is COc1ccc2ncnc(Sc3nnnn3C)c2c1. The molecule has 0 N–H and O–H groups in total. The van der Waals surface area contributed by atoms with Crippen LogP contribution in [0.4, 0.5) is 0 Å². The summed E-state index contributed by atoms with van der Waals surface area (Å²) in [5, 5.41) is 13.7. The molecule has 0 aliphatic carbocycles. The number of hydrogen-bond donors (Lipinski definition) is 0. The molecule has 1 aromatic carbocycles. The van der Waals surface area contributed by atoms with Crippen LogP contribution in [-0.4, -0.2) is 37.3 Å². The Bertz CT molecular complexity index is 728. The lowest BCUT2D eigenvalue weighted by Gasteiger charge is -2.05. The average Bonchev–Trinajstić information content (AvgIpc) is 2.84. The van der Waals surface area contributed by atoms with Crippen molar-refractivity contribution in [2.45, 2.75) is 10.2 Å². The second-order valence-corrected chi connectivity index (χ2v) is 4.71. The molecule has 0 unspecified atom stereocenters. The van der Waals surface area contributed by atoms with Crippen LogP contribution in [0, 0.1) is 0 Å². The molecular weight excluding hydrogens is 264 g/mol. The Morgan fingerprint density at radius 2 is 2.16 bits per heavy atom. The Balaban J connectivity index is 2.10. The summed E-state index contributed by atoms with van der Waals surface area (Å²) < 4.78 is 6.82. The molecule has 3 aromatic rings. The summed E-state index contributed by atoms with van der Waals surface area (Å²) in [5.41, 5.74) is 0.855. The van der Waals surface area contributed by atoms with Crippen molar-refractivity contribution >= 4 is 22.7 Å². The van der Waals surface area contributed by atoms with Gasteiger partial charge in [-0.05, 0) is 40.4 Å². The third-order valence-corrected chi connectivity index (χ3v) is 3.62. The fourth-order valence-corrected chi connectivity index (χ4v) is 2.41. The van der Waals surface area contributed by atoms with E-state index in [9.17, 15) is 0 Å². The first-order chi connectivity index (χ1) is 9.28. The van der Waals surface area contributed by atoms with Gasteiger partial charge in [0.15, 0.2) is 0 Å². The number of aryl methyl sites for hydroxylation is 1. The van der Waals surface area contributed by atoms with Gasteiger partial charge in [0.25, 0.3) is 0 Å². The van der Waals surface area contributed by atoms with Gasteiger partial charge in [0.2, 0.25) is 5.16 Å². The average molecular weight is 274 g/mol. The molecular formula is C11H10N6OS. The molecule has 0 spiro atoms. The number of aromatic nitrogens is 6. The van der Waals surface area contributed by atoms with Gasteiger partial charge >= 0.3 is 0 Å². The van der Waals surface area contributed by atoms with Crippen molar-refractivity contribution in [1.82, 2.24) is 30.2 Å². The first-order valence-corrected chi connectivity index (χ1v) is 6.28. The van der Waals surface area contributed by atoms with Gasteiger partial charge in [-0.25, -0.2) is 14.6 Å². The Labute approximate surface area is 113 Å². The molecule has 96 valence electrons. The third kappa shape index (κ3) is 2.22. The number of nitrogens with zero attached hydrogens (tertiary/aromatic N) is 6. The molecule has 0 aliphatic heterocycles. The van der Waals surface area contributed by atoms with Crippen LogP contribution < -0.4 is 4.74 Å². The van der Waals surface area contributed by atoms with E-state index < -0.39 is 0 Å². The second-order valence-electron chi connectivity index (χ2n) is 3.75. The molecule has 0 saturated carbocycles. The van der Waals surface area contributed by atoms with Crippen molar-refractivity contribution in [3.63, 3.8) is 0 Å². The van der Waals surface area contributed by atoms with Crippen LogP contribution in [0.2, 0.25) is 0 Å². The minimum Gasteiger partial charge on any atom is -0.497 e. The first-order valence-electron chi connectivity index (χ1n) is 5.47. The molecule has 7 nitrogen and oxygen atoms in total. The first kappa shape index (κ1) is 11.8. The zero-order chi connectivity index (χ0) is 13.2. The zero-order valence-corrected chi connectivity index (χ0v) is 11.1. The largest absolute Gasteiger partial charge is 0.497 e. The molecule has 2 heterocycles.